The highest BCUT2D eigenvalue weighted by atomic mass is 32.2. The summed E-state index contributed by atoms with van der Waals surface area (Å²) in [5.41, 5.74) is 3.49. The van der Waals surface area contributed by atoms with Gasteiger partial charge in [-0.15, -0.1) is 0 Å². The average Bonchev–Trinajstić information content (AvgIpc) is 3.33. The van der Waals surface area contributed by atoms with Crippen LogP contribution in [0.5, 0.6) is 0 Å². The van der Waals surface area contributed by atoms with E-state index in [9.17, 15) is 18.0 Å². The summed E-state index contributed by atoms with van der Waals surface area (Å²) < 4.78 is 38.2. The maximum atomic E-state index is 13.1. The number of benzene rings is 3. The predicted octanol–water partition coefficient (Wildman–Crippen LogP) is 4.46. The van der Waals surface area contributed by atoms with Crippen LogP contribution in [0.15, 0.2) is 86.9 Å². The Kier molecular flexibility index (Phi) is 5.90. The van der Waals surface area contributed by atoms with Gasteiger partial charge in [-0.05, 0) is 72.9 Å². The Hall–Kier alpha value is -3.91. The summed E-state index contributed by atoms with van der Waals surface area (Å²) in [5.74, 6) is -0.688. The lowest BCUT2D eigenvalue weighted by Crippen LogP contribution is -2.26. The number of aryl methyl sites for hydroxylation is 2. The van der Waals surface area contributed by atoms with E-state index in [0.717, 1.165) is 29.0 Å². The highest BCUT2D eigenvalue weighted by Crippen LogP contribution is 2.29. The number of fused-ring (bicyclic) bond motifs is 2. The summed E-state index contributed by atoms with van der Waals surface area (Å²) in [7, 11) is -2.43. The zero-order valence-corrected chi connectivity index (χ0v) is 19.9. The first-order chi connectivity index (χ1) is 16.8. The predicted molar refractivity (Wildman–Crippen MR) is 132 cm³/mol. The Morgan fingerprint density at radius 1 is 0.971 bits per heavy atom. The Morgan fingerprint density at radius 2 is 1.71 bits per heavy atom. The molecular weight excluding hydrogens is 466 g/mol. The number of carbonyl (C=O) groups excluding carboxylic acids is 1. The van der Waals surface area contributed by atoms with Gasteiger partial charge < -0.3 is 9.15 Å². The zero-order valence-electron chi connectivity index (χ0n) is 19.1. The monoisotopic (exact) mass is 489 g/mol. The molecule has 0 saturated carbocycles. The van der Waals surface area contributed by atoms with Gasteiger partial charge in [0, 0.05) is 24.1 Å². The van der Waals surface area contributed by atoms with Gasteiger partial charge in [-0.3, -0.25) is 4.31 Å². The molecule has 1 aliphatic carbocycles. The van der Waals surface area contributed by atoms with Gasteiger partial charge in [0.25, 0.3) is 10.0 Å². The van der Waals surface area contributed by atoms with E-state index in [0.29, 0.717) is 16.8 Å². The van der Waals surface area contributed by atoms with Crippen LogP contribution >= 0.6 is 0 Å². The molecule has 1 aromatic heterocycles. The molecule has 0 spiro atoms. The quantitative estimate of drug-likeness (QED) is 0.293. The van der Waals surface area contributed by atoms with Crippen LogP contribution in [0.25, 0.3) is 11.0 Å². The lowest BCUT2D eigenvalue weighted by atomic mass is 10.0. The Labute approximate surface area is 202 Å². The van der Waals surface area contributed by atoms with E-state index in [2.05, 4.69) is 0 Å². The number of hydrogen-bond acceptors (Lipinski definition) is 6. The Bertz CT molecular complexity index is 1590. The van der Waals surface area contributed by atoms with Gasteiger partial charge in [0.1, 0.15) is 12.2 Å². The normalized spacial score (nSPS) is 12.9. The molecule has 178 valence electrons. The number of ether oxygens (including phenoxy) is 1. The number of anilines is 1. The number of para-hydroxylation sites is 1. The molecule has 0 atom stereocenters. The van der Waals surface area contributed by atoms with Crippen molar-refractivity contribution >= 4 is 32.6 Å². The van der Waals surface area contributed by atoms with Crippen molar-refractivity contribution in [3.8, 4) is 0 Å². The van der Waals surface area contributed by atoms with Gasteiger partial charge >= 0.3 is 11.6 Å². The van der Waals surface area contributed by atoms with Crippen LogP contribution in [0.3, 0.4) is 0 Å². The molecule has 0 unspecified atom stereocenters. The summed E-state index contributed by atoms with van der Waals surface area (Å²) in [4.78, 5) is 24.9. The zero-order chi connectivity index (χ0) is 24.6. The molecular formula is C27H23NO6S. The third kappa shape index (κ3) is 4.44. The molecule has 0 N–H and O–H groups in total. The van der Waals surface area contributed by atoms with Crippen LogP contribution in [0.2, 0.25) is 0 Å². The van der Waals surface area contributed by atoms with Crippen molar-refractivity contribution in [1.29, 1.82) is 0 Å². The minimum absolute atomic E-state index is 0.0281. The van der Waals surface area contributed by atoms with Crippen molar-refractivity contribution in [1.82, 2.24) is 0 Å². The van der Waals surface area contributed by atoms with Gasteiger partial charge in [-0.1, -0.05) is 24.3 Å². The first-order valence-corrected chi connectivity index (χ1v) is 12.7. The van der Waals surface area contributed by atoms with Crippen molar-refractivity contribution in [2.24, 2.45) is 0 Å². The second-order valence-electron chi connectivity index (χ2n) is 8.47. The van der Waals surface area contributed by atoms with E-state index >= 15 is 0 Å². The highest BCUT2D eigenvalue weighted by Gasteiger charge is 2.23. The van der Waals surface area contributed by atoms with Crippen molar-refractivity contribution in [2.75, 3.05) is 11.4 Å². The number of rotatable bonds is 6. The van der Waals surface area contributed by atoms with E-state index in [1.165, 1.54) is 48.5 Å². The van der Waals surface area contributed by atoms with Crippen molar-refractivity contribution in [2.45, 2.75) is 30.8 Å². The summed E-state index contributed by atoms with van der Waals surface area (Å²) >= 11 is 0. The van der Waals surface area contributed by atoms with Crippen LogP contribution in [0, 0.1) is 0 Å². The average molecular weight is 490 g/mol. The first kappa shape index (κ1) is 22.9. The summed E-state index contributed by atoms with van der Waals surface area (Å²) in [6.07, 6.45) is 2.97. The van der Waals surface area contributed by atoms with Crippen LogP contribution < -0.4 is 9.93 Å². The first-order valence-electron chi connectivity index (χ1n) is 11.2. The highest BCUT2D eigenvalue weighted by molar-refractivity contribution is 7.92. The van der Waals surface area contributed by atoms with Gasteiger partial charge in [-0.25, -0.2) is 18.0 Å². The van der Waals surface area contributed by atoms with E-state index < -0.39 is 21.6 Å². The lowest BCUT2D eigenvalue weighted by molar-refractivity contribution is 0.0473. The van der Waals surface area contributed by atoms with Gasteiger partial charge in [0.15, 0.2) is 0 Å². The van der Waals surface area contributed by atoms with Crippen LogP contribution in [0.1, 0.15) is 33.5 Å². The number of hydrogen-bond donors (Lipinski definition) is 0. The molecule has 8 heteroatoms. The summed E-state index contributed by atoms with van der Waals surface area (Å²) in [6.45, 7) is -0.138. The molecule has 0 amide bonds. The smallest absolute Gasteiger partial charge is 0.338 e. The molecule has 5 rings (SSSR count). The van der Waals surface area contributed by atoms with Gasteiger partial charge in [0.05, 0.1) is 16.1 Å². The van der Waals surface area contributed by atoms with Crippen LogP contribution in [0.4, 0.5) is 5.69 Å². The second-order valence-corrected chi connectivity index (χ2v) is 10.4. The topological polar surface area (TPSA) is 93.9 Å². The minimum atomic E-state index is -3.88. The third-order valence-electron chi connectivity index (χ3n) is 6.25. The van der Waals surface area contributed by atoms with Crippen molar-refractivity contribution < 1.29 is 22.4 Å². The number of nitrogens with zero attached hydrogens (tertiary/aromatic N) is 1. The van der Waals surface area contributed by atoms with Gasteiger partial charge in [0.2, 0.25) is 0 Å². The summed E-state index contributed by atoms with van der Waals surface area (Å²) in [6, 6.07) is 19.6. The third-order valence-corrected chi connectivity index (χ3v) is 8.03. The molecule has 1 aliphatic rings. The lowest BCUT2D eigenvalue weighted by Gasteiger charge is -2.19. The fourth-order valence-electron chi connectivity index (χ4n) is 4.36. The molecule has 3 aromatic carbocycles. The summed E-state index contributed by atoms with van der Waals surface area (Å²) in [5, 5.41) is 0.735. The molecule has 35 heavy (non-hydrogen) atoms. The molecule has 1 heterocycles. The van der Waals surface area contributed by atoms with E-state index in [1.54, 1.807) is 30.3 Å². The molecule has 7 nitrogen and oxygen atoms in total. The SMILES string of the molecule is CN(c1ccccc1)S(=O)(=O)c1cccc(C(=O)OCc2cc(=O)oc3cc4c(cc23)CCC4)c1. The Morgan fingerprint density at radius 3 is 2.49 bits per heavy atom. The maximum absolute atomic E-state index is 13.1. The second kappa shape index (κ2) is 9.03. The van der Waals surface area contributed by atoms with Crippen LogP contribution in [-0.2, 0) is 34.2 Å². The molecule has 0 radical (unpaired) electrons. The minimum Gasteiger partial charge on any atom is -0.457 e. The van der Waals surface area contributed by atoms with E-state index in [1.807, 2.05) is 12.1 Å². The maximum Gasteiger partial charge on any atom is 0.338 e. The molecule has 0 saturated heterocycles. The van der Waals surface area contributed by atoms with E-state index in [-0.39, 0.29) is 17.1 Å². The number of esters is 1. The molecule has 0 fully saturated rings. The molecule has 0 aliphatic heterocycles. The Balaban J connectivity index is 1.39. The van der Waals surface area contributed by atoms with E-state index in [4.69, 9.17) is 9.15 Å². The number of sulfonamides is 1. The standard InChI is InChI=1S/C27H23NO6S/c1-28(22-10-3-2-4-11-22)35(31,32)23-12-6-9-20(13-23)27(30)33-17-21-16-26(29)34-25-15-19-8-5-7-18(19)14-24(21)25/h2-4,6,9-16H,5,7-8,17H2,1H3. The largest absolute Gasteiger partial charge is 0.457 e. The van der Waals surface area contributed by atoms with Gasteiger partial charge in [-0.2, -0.15) is 0 Å². The fraction of sp³-hybridized carbons (Fsp3) is 0.185. The van der Waals surface area contributed by atoms with Crippen molar-refractivity contribution in [3.63, 3.8) is 0 Å². The molecule has 4 aromatic rings. The van der Waals surface area contributed by atoms with Crippen LogP contribution in [-0.4, -0.2) is 21.4 Å². The number of carbonyl (C=O) groups is 1. The fourth-order valence-corrected chi connectivity index (χ4v) is 5.60. The van der Waals surface area contributed by atoms with Crippen molar-refractivity contribution in [3.05, 3.63) is 105 Å². The molecule has 0 bridgehead atoms.